The van der Waals surface area contributed by atoms with E-state index in [1.54, 1.807) is 12.1 Å². The molecule has 0 aliphatic heterocycles. The van der Waals surface area contributed by atoms with E-state index >= 15 is 0 Å². The maximum absolute atomic E-state index is 12.4. The van der Waals surface area contributed by atoms with Gasteiger partial charge in [0.1, 0.15) is 11.5 Å². The van der Waals surface area contributed by atoms with Gasteiger partial charge in [0.15, 0.2) is 0 Å². The highest BCUT2D eigenvalue weighted by molar-refractivity contribution is 6.32. The Kier molecular flexibility index (Phi) is 5.46. The molecule has 3 rings (SSSR count). The van der Waals surface area contributed by atoms with Crippen molar-refractivity contribution in [2.75, 3.05) is 19.5 Å². The van der Waals surface area contributed by atoms with Gasteiger partial charge in [-0.2, -0.15) is 0 Å². The summed E-state index contributed by atoms with van der Waals surface area (Å²) in [6, 6.07) is 3.17. The van der Waals surface area contributed by atoms with E-state index in [1.807, 2.05) is 0 Å². The van der Waals surface area contributed by atoms with Gasteiger partial charge < -0.3 is 14.8 Å². The second-order valence-electron chi connectivity index (χ2n) is 6.01. The van der Waals surface area contributed by atoms with E-state index in [1.165, 1.54) is 25.1 Å². The standard InChI is InChI=1S/C18H20ClN3O4/c1-25-15-9-14(16(26-2)8-12(15)19)21-17(23)6-7-22-10-20-13-5-3-4-11(13)18(22)24/h8-10H,3-7H2,1-2H3,(H,21,23). The summed E-state index contributed by atoms with van der Waals surface area (Å²) in [7, 11) is 2.98. The SMILES string of the molecule is COc1cc(NC(=O)CCn2cnc3c(c2=O)CCC3)c(OC)cc1Cl. The Labute approximate surface area is 155 Å². The third-order valence-electron chi connectivity index (χ3n) is 4.39. The number of halogens is 1. The summed E-state index contributed by atoms with van der Waals surface area (Å²) in [5.41, 5.74) is 2.06. The fourth-order valence-corrected chi connectivity index (χ4v) is 3.25. The molecule has 0 saturated heterocycles. The van der Waals surface area contributed by atoms with Crippen LogP contribution >= 0.6 is 11.6 Å². The van der Waals surface area contributed by atoms with Gasteiger partial charge in [-0.25, -0.2) is 4.98 Å². The number of methoxy groups -OCH3 is 2. The Bertz CT molecular complexity index is 895. The lowest BCUT2D eigenvalue weighted by Gasteiger charge is -2.13. The number of hydrogen-bond donors (Lipinski definition) is 1. The Morgan fingerprint density at radius 2 is 2.04 bits per heavy atom. The minimum atomic E-state index is -0.250. The predicted molar refractivity (Wildman–Crippen MR) is 98.3 cm³/mol. The highest BCUT2D eigenvalue weighted by Gasteiger charge is 2.18. The highest BCUT2D eigenvalue weighted by Crippen LogP contribution is 2.35. The van der Waals surface area contributed by atoms with Crippen LogP contribution < -0.4 is 20.3 Å². The number of ether oxygens (including phenoxy) is 2. The fourth-order valence-electron chi connectivity index (χ4n) is 3.02. The molecule has 0 radical (unpaired) electrons. The summed E-state index contributed by atoms with van der Waals surface area (Å²) in [4.78, 5) is 29.0. The summed E-state index contributed by atoms with van der Waals surface area (Å²) in [5, 5.41) is 3.15. The number of anilines is 1. The Morgan fingerprint density at radius 1 is 1.27 bits per heavy atom. The van der Waals surface area contributed by atoms with Crippen LogP contribution in [-0.2, 0) is 24.2 Å². The summed E-state index contributed by atoms with van der Waals surface area (Å²) >= 11 is 6.06. The van der Waals surface area contributed by atoms with Crippen LogP contribution in [0.1, 0.15) is 24.1 Å². The van der Waals surface area contributed by atoms with Gasteiger partial charge in [0, 0.05) is 30.7 Å². The minimum absolute atomic E-state index is 0.0500. The molecule has 8 heteroatoms. The number of benzene rings is 1. The second kappa shape index (κ2) is 7.78. The molecule has 0 fully saturated rings. The average Bonchev–Trinajstić information content (AvgIpc) is 3.12. The molecule has 7 nitrogen and oxygen atoms in total. The topological polar surface area (TPSA) is 82.5 Å². The van der Waals surface area contributed by atoms with Gasteiger partial charge in [-0.15, -0.1) is 0 Å². The van der Waals surface area contributed by atoms with Crippen molar-refractivity contribution in [3.05, 3.63) is 45.1 Å². The summed E-state index contributed by atoms with van der Waals surface area (Å²) in [6.45, 7) is 0.262. The van der Waals surface area contributed by atoms with Crippen molar-refractivity contribution >= 4 is 23.2 Å². The zero-order valence-corrected chi connectivity index (χ0v) is 15.4. The van der Waals surface area contributed by atoms with Crippen LogP contribution in [-0.4, -0.2) is 29.7 Å². The lowest BCUT2D eigenvalue weighted by Crippen LogP contribution is -2.26. The first-order valence-corrected chi connectivity index (χ1v) is 8.70. The molecule has 1 amide bonds. The molecule has 0 saturated carbocycles. The minimum Gasteiger partial charge on any atom is -0.495 e. The molecular weight excluding hydrogens is 358 g/mol. The molecule has 0 atom stereocenters. The van der Waals surface area contributed by atoms with Gasteiger partial charge in [0.05, 0.1) is 37.0 Å². The molecular formula is C18H20ClN3O4. The van der Waals surface area contributed by atoms with Gasteiger partial charge in [-0.05, 0) is 19.3 Å². The van der Waals surface area contributed by atoms with Gasteiger partial charge in [-0.1, -0.05) is 11.6 Å². The highest BCUT2D eigenvalue weighted by atomic mass is 35.5. The lowest BCUT2D eigenvalue weighted by atomic mass is 10.2. The Balaban J connectivity index is 1.69. The largest absolute Gasteiger partial charge is 0.495 e. The number of carbonyl (C=O) groups is 1. The number of fused-ring (bicyclic) bond motifs is 1. The third-order valence-corrected chi connectivity index (χ3v) is 4.68. The van der Waals surface area contributed by atoms with Gasteiger partial charge in [0.2, 0.25) is 5.91 Å². The van der Waals surface area contributed by atoms with Crippen LogP contribution in [0.3, 0.4) is 0 Å². The van der Waals surface area contributed by atoms with Crippen molar-refractivity contribution in [3.63, 3.8) is 0 Å². The molecule has 1 aromatic heterocycles. The quantitative estimate of drug-likeness (QED) is 0.836. The number of rotatable bonds is 6. The number of nitrogens with one attached hydrogen (secondary N) is 1. The first-order chi connectivity index (χ1) is 12.5. The zero-order valence-electron chi connectivity index (χ0n) is 14.7. The van der Waals surface area contributed by atoms with Crippen molar-refractivity contribution in [1.29, 1.82) is 0 Å². The van der Waals surface area contributed by atoms with E-state index in [0.29, 0.717) is 22.2 Å². The third kappa shape index (κ3) is 3.67. The molecule has 1 N–H and O–H groups in total. The molecule has 1 aliphatic rings. The smallest absolute Gasteiger partial charge is 0.256 e. The van der Waals surface area contributed by atoms with Crippen LogP contribution in [0.2, 0.25) is 5.02 Å². The molecule has 1 aromatic carbocycles. The predicted octanol–water partition coefficient (Wildman–Crippen LogP) is 2.43. The van der Waals surface area contributed by atoms with Crippen LogP contribution in [0, 0.1) is 0 Å². The number of carbonyl (C=O) groups excluding carboxylic acids is 1. The molecule has 1 aliphatic carbocycles. The van der Waals surface area contributed by atoms with Crippen LogP contribution in [0.5, 0.6) is 11.5 Å². The molecule has 138 valence electrons. The van der Waals surface area contributed by atoms with Gasteiger partial charge in [0.25, 0.3) is 5.56 Å². The Morgan fingerprint density at radius 3 is 2.77 bits per heavy atom. The molecule has 0 unspecified atom stereocenters. The summed E-state index contributed by atoms with van der Waals surface area (Å²) < 4.78 is 11.9. The van der Waals surface area contributed by atoms with Crippen molar-refractivity contribution < 1.29 is 14.3 Å². The van der Waals surface area contributed by atoms with E-state index in [0.717, 1.165) is 30.5 Å². The van der Waals surface area contributed by atoms with E-state index in [9.17, 15) is 9.59 Å². The molecule has 0 spiro atoms. The van der Waals surface area contributed by atoms with Crippen molar-refractivity contribution in [3.8, 4) is 11.5 Å². The first-order valence-electron chi connectivity index (χ1n) is 8.32. The number of nitrogens with zero attached hydrogens (tertiary/aromatic N) is 2. The zero-order chi connectivity index (χ0) is 18.7. The summed E-state index contributed by atoms with van der Waals surface area (Å²) in [5.74, 6) is 0.613. The monoisotopic (exact) mass is 377 g/mol. The number of amides is 1. The maximum atomic E-state index is 12.4. The molecule has 0 bridgehead atoms. The molecule has 26 heavy (non-hydrogen) atoms. The Hall–Kier alpha value is -2.54. The van der Waals surface area contributed by atoms with Gasteiger partial charge in [-0.3, -0.25) is 14.2 Å². The average molecular weight is 378 g/mol. The molecule has 2 aromatic rings. The van der Waals surface area contributed by atoms with Crippen molar-refractivity contribution in [2.45, 2.75) is 32.2 Å². The second-order valence-corrected chi connectivity index (χ2v) is 6.41. The van der Waals surface area contributed by atoms with Crippen LogP contribution in [0.25, 0.3) is 0 Å². The maximum Gasteiger partial charge on any atom is 0.256 e. The van der Waals surface area contributed by atoms with Crippen molar-refractivity contribution in [2.24, 2.45) is 0 Å². The van der Waals surface area contributed by atoms with E-state index in [2.05, 4.69) is 10.3 Å². The first kappa shape index (κ1) is 18.3. The fraction of sp³-hybridized carbons (Fsp3) is 0.389. The number of aryl methyl sites for hydroxylation is 2. The number of hydrogen-bond acceptors (Lipinski definition) is 5. The van der Waals surface area contributed by atoms with Crippen LogP contribution in [0.15, 0.2) is 23.3 Å². The lowest BCUT2D eigenvalue weighted by molar-refractivity contribution is -0.116. The van der Waals surface area contributed by atoms with Crippen molar-refractivity contribution in [1.82, 2.24) is 9.55 Å². The van der Waals surface area contributed by atoms with Crippen LogP contribution in [0.4, 0.5) is 5.69 Å². The van der Waals surface area contributed by atoms with E-state index in [-0.39, 0.29) is 24.4 Å². The number of aromatic nitrogens is 2. The summed E-state index contributed by atoms with van der Waals surface area (Å²) in [6.07, 6.45) is 4.22. The van der Waals surface area contributed by atoms with Gasteiger partial charge >= 0.3 is 0 Å². The normalized spacial score (nSPS) is 12.6. The van der Waals surface area contributed by atoms with E-state index < -0.39 is 0 Å². The molecule has 1 heterocycles. The van der Waals surface area contributed by atoms with E-state index in [4.69, 9.17) is 21.1 Å².